The van der Waals surface area contributed by atoms with Crippen LogP contribution in [-0.4, -0.2) is 27.9 Å². The molecule has 4 rings (SSSR count). The highest BCUT2D eigenvalue weighted by Crippen LogP contribution is 2.53. The van der Waals surface area contributed by atoms with E-state index in [0.29, 0.717) is 17.1 Å². The number of benzene rings is 1. The van der Waals surface area contributed by atoms with Crippen molar-refractivity contribution in [3.8, 4) is 11.3 Å². The molecule has 0 atom stereocenters. The van der Waals surface area contributed by atoms with Gasteiger partial charge in [0, 0.05) is 5.92 Å². The summed E-state index contributed by atoms with van der Waals surface area (Å²) in [5.41, 5.74) is 6.89. The summed E-state index contributed by atoms with van der Waals surface area (Å²) in [7, 11) is 0. The molecule has 1 aromatic heterocycles. The van der Waals surface area contributed by atoms with Crippen molar-refractivity contribution in [1.29, 1.82) is 0 Å². The number of nitrogens with two attached hydrogens (primary N) is 1. The number of hydrogen-bond acceptors (Lipinski definition) is 5. The van der Waals surface area contributed by atoms with Crippen LogP contribution in [0.1, 0.15) is 95.2 Å². The second-order valence-electron chi connectivity index (χ2n) is 12.3. The Morgan fingerprint density at radius 3 is 2.20 bits per heavy atom. The third kappa shape index (κ3) is 4.80. The van der Waals surface area contributed by atoms with E-state index in [1.54, 1.807) is 6.07 Å². The van der Waals surface area contributed by atoms with Crippen molar-refractivity contribution >= 4 is 23.5 Å². The average Bonchev–Trinajstić information content (AvgIpc) is 3.12. The minimum absolute atomic E-state index is 0.0239. The molecule has 6 nitrogen and oxygen atoms in total. The van der Waals surface area contributed by atoms with E-state index in [1.165, 1.54) is 4.57 Å². The van der Waals surface area contributed by atoms with Gasteiger partial charge in [-0.15, -0.1) is 0 Å². The van der Waals surface area contributed by atoms with Crippen LogP contribution < -0.4 is 5.73 Å². The third-order valence-corrected chi connectivity index (χ3v) is 7.34. The molecular weight excluding hydrogens is 438 g/mol. The summed E-state index contributed by atoms with van der Waals surface area (Å²) in [6.07, 6.45) is 4.93. The molecule has 0 radical (unpaired) electrons. The number of aliphatic imine (C=N–C) groups is 1. The van der Waals surface area contributed by atoms with E-state index in [4.69, 9.17) is 10.5 Å². The minimum Gasteiger partial charge on any atom is -0.455 e. The molecule has 1 fully saturated rings. The number of rotatable bonds is 4. The molecule has 0 amide bonds. The Morgan fingerprint density at radius 2 is 1.63 bits per heavy atom. The van der Waals surface area contributed by atoms with Gasteiger partial charge in [0.1, 0.15) is 17.3 Å². The number of carbonyl (C=O) groups excluding carboxylic acids is 2. The standard InChI is InChI=1S/C29H39N3O3/c1-27(2,3)26(28(4,5)6)29(15-11-8-12-16-29)35-25(34)20-17-22-31-21(30)18-23(33)32(22)24(20)19-13-9-7-10-14-19/h7,9-10,13-14,17,26H,8,11-12,15-16,18H2,1-6H3,(H2,30,31). The molecule has 188 valence electrons. The van der Waals surface area contributed by atoms with Gasteiger partial charge in [-0.1, -0.05) is 78.3 Å². The third-order valence-electron chi connectivity index (χ3n) is 7.34. The Kier molecular flexibility index (Phi) is 6.45. The quantitative estimate of drug-likeness (QED) is 0.493. The summed E-state index contributed by atoms with van der Waals surface area (Å²) in [6.45, 7) is 13.5. The van der Waals surface area contributed by atoms with Crippen LogP contribution in [0, 0.1) is 16.7 Å². The molecule has 2 aromatic rings. The molecule has 35 heavy (non-hydrogen) atoms. The SMILES string of the molecule is CC(C)(C)C(C(C)(C)C)C1(OC(=O)c2cc3n(c2-c2ccccc2)C(=O)CC(N)=N3)CCCCC1. The highest BCUT2D eigenvalue weighted by Gasteiger charge is 2.53. The fraction of sp³-hybridized carbons (Fsp3) is 0.552. The monoisotopic (exact) mass is 477 g/mol. The van der Waals surface area contributed by atoms with Gasteiger partial charge in [-0.3, -0.25) is 9.36 Å². The normalized spacial score (nSPS) is 18.3. The number of carbonyl (C=O) groups is 2. The van der Waals surface area contributed by atoms with Crippen molar-refractivity contribution in [2.24, 2.45) is 27.5 Å². The van der Waals surface area contributed by atoms with Crippen molar-refractivity contribution in [3.05, 3.63) is 42.0 Å². The van der Waals surface area contributed by atoms with Crippen LogP contribution in [0.5, 0.6) is 0 Å². The second kappa shape index (κ2) is 8.96. The Hall–Kier alpha value is -2.89. The van der Waals surface area contributed by atoms with E-state index in [-0.39, 0.29) is 34.9 Å². The number of hydrogen-bond donors (Lipinski definition) is 1. The van der Waals surface area contributed by atoms with Gasteiger partial charge in [-0.05, 0) is 48.1 Å². The molecule has 2 heterocycles. The number of ether oxygens (including phenoxy) is 1. The lowest BCUT2D eigenvalue weighted by atomic mass is 9.56. The minimum atomic E-state index is -0.575. The van der Waals surface area contributed by atoms with Gasteiger partial charge >= 0.3 is 5.97 Å². The maximum Gasteiger partial charge on any atom is 0.340 e. The smallest absolute Gasteiger partial charge is 0.340 e. The zero-order chi connectivity index (χ0) is 25.6. The lowest BCUT2D eigenvalue weighted by Gasteiger charge is -2.54. The molecular formula is C29H39N3O3. The van der Waals surface area contributed by atoms with Crippen LogP contribution in [0.4, 0.5) is 5.82 Å². The fourth-order valence-electron chi connectivity index (χ4n) is 7.01. The summed E-state index contributed by atoms with van der Waals surface area (Å²) < 4.78 is 8.15. The van der Waals surface area contributed by atoms with E-state index in [0.717, 1.165) is 37.7 Å². The zero-order valence-electron chi connectivity index (χ0n) is 22.0. The molecule has 1 saturated carbocycles. The molecule has 2 N–H and O–H groups in total. The van der Waals surface area contributed by atoms with E-state index >= 15 is 0 Å². The summed E-state index contributed by atoms with van der Waals surface area (Å²) in [6, 6.07) is 11.2. The maximum absolute atomic E-state index is 14.1. The first-order chi connectivity index (χ1) is 16.3. The van der Waals surface area contributed by atoms with Crippen LogP contribution in [0.25, 0.3) is 11.3 Å². The second-order valence-corrected chi connectivity index (χ2v) is 12.3. The predicted octanol–water partition coefficient (Wildman–Crippen LogP) is 6.76. The first-order valence-electron chi connectivity index (χ1n) is 12.7. The lowest BCUT2D eigenvalue weighted by molar-refractivity contribution is -0.136. The first-order valence-corrected chi connectivity index (χ1v) is 12.7. The molecule has 6 heteroatoms. The molecule has 1 aliphatic carbocycles. The molecule has 0 saturated heterocycles. The molecule has 0 bridgehead atoms. The van der Waals surface area contributed by atoms with Gasteiger partial charge in [0.05, 0.1) is 17.7 Å². The largest absolute Gasteiger partial charge is 0.455 e. The van der Waals surface area contributed by atoms with Crippen molar-refractivity contribution in [2.75, 3.05) is 0 Å². The van der Waals surface area contributed by atoms with Crippen LogP contribution in [0.2, 0.25) is 0 Å². The number of aromatic nitrogens is 1. The lowest BCUT2D eigenvalue weighted by Crippen LogP contribution is -2.54. The van der Waals surface area contributed by atoms with Gasteiger partial charge in [-0.25, -0.2) is 9.79 Å². The Bertz CT molecular complexity index is 1130. The van der Waals surface area contributed by atoms with Gasteiger partial charge in [-0.2, -0.15) is 0 Å². The van der Waals surface area contributed by atoms with Crippen LogP contribution in [-0.2, 0) is 4.74 Å². The van der Waals surface area contributed by atoms with E-state index in [9.17, 15) is 9.59 Å². The predicted molar refractivity (Wildman–Crippen MR) is 140 cm³/mol. The number of nitrogens with zero attached hydrogens (tertiary/aromatic N) is 2. The van der Waals surface area contributed by atoms with Crippen LogP contribution in [0.15, 0.2) is 41.4 Å². The summed E-state index contributed by atoms with van der Waals surface area (Å²) in [5, 5.41) is 0. The van der Waals surface area contributed by atoms with Crippen LogP contribution >= 0.6 is 0 Å². The van der Waals surface area contributed by atoms with Crippen LogP contribution in [0.3, 0.4) is 0 Å². The average molecular weight is 478 g/mol. The van der Waals surface area contributed by atoms with E-state index < -0.39 is 11.6 Å². The van der Waals surface area contributed by atoms with Crippen molar-refractivity contribution in [1.82, 2.24) is 4.57 Å². The summed E-state index contributed by atoms with van der Waals surface area (Å²) in [5.74, 6) is 0.196. The Morgan fingerprint density at radius 1 is 1.03 bits per heavy atom. The molecule has 1 aliphatic heterocycles. The van der Waals surface area contributed by atoms with Gasteiger partial charge in [0.25, 0.3) is 0 Å². The van der Waals surface area contributed by atoms with Crippen molar-refractivity contribution < 1.29 is 14.3 Å². The van der Waals surface area contributed by atoms with Crippen molar-refractivity contribution in [3.63, 3.8) is 0 Å². The number of fused-ring (bicyclic) bond motifs is 1. The van der Waals surface area contributed by atoms with Gasteiger partial charge < -0.3 is 10.5 Å². The Balaban J connectivity index is 1.84. The van der Waals surface area contributed by atoms with Crippen molar-refractivity contribution in [2.45, 2.75) is 85.7 Å². The molecule has 0 spiro atoms. The number of amidine groups is 1. The molecule has 1 aromatic carbocycles. The Labute approximate surface area is 209 Å². The summed E-state index contributed by atoms with van der Waals surface area (Å²) >= 11 is 0. The van der Waals surface area contributed by atoms with Gasteiger partial charge in [0.2, 0.25) is 5.91 Å². The van der Waals surface area contributed by atoms with E-state index in [1.807, 2.05) is 30.3 Å². The van der Waals surface area contributed by atoms with E-state index in [2.05, 4.69) is 46.5 Å². The topological polar surface area (TPSA) is 86.7 Å². The fourth-order valence-corrected chi connectivity index (χ4v) is 7.01. The summed E-state index contributed by atoms with van der Waals surface area (Å²) in [4.78, 5) is 31.4. The number of esters is 1. The molecule has 0 unspecified atom stereocenters. The molecule has 2 aliphatic rings. The maximum atomic E-state index is 14.1. The van der Waals surface area contributed by atoms with Gasteiger partial charge in [0.15, 0.2) is 0 Å². The zero-order valence-corrected chi connectivity index (χ0v) is 22.0. The first kappa shape index (κ1) is 25.2. The highest BCUT2D eigenvalue weighted by molar-refractivity contribution is 6.09. The highest BCUT2D eigenvalue weighted by atomic mass is 16.6.